The average molecular weight is 395 g/mol. The summed E-state index contributed by atoms with van der Waals surface area (Å²) in [7, 11) is 0. The lowest BCUT2D eigenvalue weighted by atomic mass is 9.95. The number of carbonyl (C=O) groups is 1. The molecule has 0 radical (unpaired) electrons. The number of likely N-dealkylation sites (tertiary alicyclic amines) is 1. The van der Waals surface area contributed by atoms with Crippen LogP contribution in [-0.2, 0) is 24.3 Å². The van der Waals surface area contributed by atoms with Crippen LogP contribution in [0.25, 0.3) is 0 Å². The van der Waals surface area contributed by atoms with Crippen LogP contribution in [0.3, 0.4) is 0 Å². The summed E-state index contributed by atoms with van der Waals surface area (Å²) in [6, 6.07) is 8.43. The topological polar surface area (TPSA) is 58.6 Å². The smallest absolute Gasteiger partial charge is 0.219 e. The van der Waals surface area contributed by atoms with Crippen LogP contribution >= 0.6 is 0 Å². The summed E-state index contributed by atoms with van der Waals surface area (Å²) in [6.07, 6.45) is 4.96. The van der Waals surface area contributed by atoms with E-state index in [4.69, 9.17) is 9.72 Å². The van der Waals surface area contributed by atoms with E-state index in [1.54, 1.807) is 6.92 Å². The number of nitrogens with zero attached hydrogens (tertiary/aromatic N) is 4. The molecule has 4 rings (SSSR count). The molecule has 1 amide bonds. The van der Waals surface area contributed by atoms with Crippen LogP contribution < -0.4 is 4.74 Å². The van der Waals surface area contributed by atoms with E-state index in [0.717, 1.165) is 68.3 Å². The number of aromatic nitrogens is 2. The lowest BCUT2D eigenvalue weighted by molar-refractivity contribution is -0.129. The van der Waals surface area contributed by atoms with E-state index < -0.39 is 0 Å². The molecule has 2 aliphatic rings. The fourth-order valence-electron chi connectivity index (χ4n) is 4.26. The molecule has 0 N–H and O–H groups in total. The molecule has 0 atom stereocenters. The second-order valence-electron chi connectivity index (χ2n) is 8.02. The Morgan fingerprint density at radius 3 is 2.62 bits per heavy atom. The summed E-state index contributed by atoms with van der Waals surface area (Å²) >= 11 is 0. The van der Waals surface area contributed by atoms with Crippen LogP contribution in [0.15, 0.2) is 30.5 Å². The highest BCUT2D eigenvalue weighted by molar-refractivity contribution is 5.73. The predicted molar refractivity (Wildman–Crippen MR) is 112 cm³/mol. The molecule has 2 aliphatic heterocycles. The molecule has 0 saturated carbocycles. The van der Waals surface area contributed by atoms with Crippen molar-refractivity contribution in [1.29, 1.82) is 0 Å². The molecule has 154 valence electrons. The molecule has 6 heteroatoms. The molecule has 0 aliphatic carbocycles. The van der Waals surface area contributed by atoms with Gasteiger partial charge in [0.2, 0.25) is 5.91 Å². The predicted octanol–water partition coefficient (Wildman–Crippen LogP) is 3.16. The highest BCUT2D eigenvalue weighted by atomic mass is 16.5. The maximum absolute atomic E-state index is 11.6. The first kappa shape index (κ1) is 19.8. The molecule has 6 nitrogen and oxygen atoms in total. The van der Waals surface area contributed by atoms with Gasteiger partial charge < -0.3 is 9.64 Å². The standard InChI is InChI=1S/C23H30N4O2/c1-3-29-21-6-4-18(5-7-21)15-26-11-8-19(9-12-26)23-24-14-20-16-27(17(2)28)13-10-22(20)25-23/h4-7,14,19H,3,8-13,15-16H2,1-2H3. The molecular formula is C23H30N4O2. The summed E-state index contributed by atoms with van der Waals surface area (Å²) in [5, 5.41) is 0. The molecule has 1 fully saturated rings. The van der Waals surface area contributed by atoms with Crippen molar-refractivity contribution in [1.82, 2.24) is 19.8 Å². The SMILES string of the molecule is CCOc1ccc(CN2CCC(c3ncc4c(n3)CCN(C(C)=O)C4)CC2)cc1. The van der Waals surface area contributed by atoms with Gasteiger partial charge in [-0.2, -0.15) is 0 Å². The Labute approximate surface area is 172 Å². The van der Waals surface area contributed by atoms with Crippen LogP contribution in [0.5, 0.6) is 5.75 Å². The Hall–Kier alpha value is -2.47. The zero-order chi connectivity index (χ0) is 20.2. The number of carbonyl (C=O) groups excluding carboxylic acids is 1. The van der Waals surface area contributed by atoms with E-state index in [1.807, 2.05) is 18.0 Å². The summed E-state index contributed by atoms with van der Waals surface area (Å²) in [4.78, 5) is 25.5. The minimum Gasteiger partial charge on any atom is -0.494 e. The normalized spacial score (nSPS) is 17.8. The maximum atomic E-state index is 11.6. The Balaban J connectivity index is 1.32. The summed E-state index contributed by atoms with van der Waals surface area (Å²) < 4.78 is 5.52. The molecule has 0 spiro atoms. The van der Waals surface area contributed by atoms with Crippen LogP contribution in [0.4, 0.5) is 0 Å². The Kier molecular flexibility index (Phi) is 6.09. The molecule has 1 aromatic heterocycles. The number of amides is 1. The molecule has 0 bridgehead atoms. The highest BCUT2D eigenvalue weighted by Gasteiger charge is 2.25. The maximum Gasteiger partial charge on any atom is 0.219 e. The average Bonchev–Trinajstić information content (AvgIpc) is 2.75. The molecule has 0 unspecified atom stereocenters. The van der Waals surface area contributed by atoms with Crippen molar-refractivity contribution in [3.05, 3.63) is 53.1 Å². The summed E-state index contributed by atoms with van der Waals surface area (Å²) in [5.74, 6) is 2.48. The Morgan fingerprint density at radius 1 is 1.17 bits per heavy atom. The number of hydrogen-bond acceptors (Lipinski definition) is 5. The third-order valence-corrected chi connectivity index (χ3v) is 5.99. The third kappa shape index (κ3) is 4.75. The quantitative estimate of drug-likeness (QED) is 0.780. The first-order chi connectivity index (χ1) is 14.1. The van der Waals surface area contributed by atoms with Gasteiger partial charge >= 0.3 is 0 Å². The highest BCUT2D eigenvalue weighted by Crippen LogP contribution is 2.28. The third-order valence-electron chi connectivity index (χ3n) is 5.99. The fourth-order valence-corrected chi connectivity index (χ4v) is 4.26. The van der Waals surface area contributed by atoms with E-state index in [-0.39, 0.29) is 5.91 Å². The van der Waals surface area contributed by atoms with Gasteiger partial charge in [0.05, 0.1) is 12.3 Å². The number of hydrogen-bond donors (Lipinski definition) is 0. The Morgan fingerprint density at radius 2 is 1.93 bits per heavy atom. The lowest BCUT2D eigenvalue weighted by Gasteiger charge is -2.32. The largest absolute Gasteiger partial charge is 0.494 e. The van der Waals surface area contributed by atoms with E-state index >= 15 is 0 Å². The molecule has 2 aromatic rings. The van der Waals surface area contributed by atoms with Crippen LogP contribution in [-0.4, -0.2) is 51.9 Å². The van der Waals surface area contributed by atoms with Crippen molar-refractivity contribution in [3.63, 3.8) is 0 Å². The van der Waals surface area contributed by atoms with Gasteiger partial charge in [-0.1, -0.05) is 12.1 Å². The van der Waals surface area contributed by atoms with Crippen molar-refractivity contribution in [3.8, 4) is 5.75 Å². The molecular weight excluding hydrogens is 364 g/mol. The number of fused-ring (bicyclic) bond motifs is 1. The van der Waals surface area contributed by atoms with E-state index in [0.29, 0.717) is 19.1 Å². The van der Waals surface area contributed by atoms with Crippen molar-refractivity contribution >= 4 is 5.91 Å². The molecule has 1 aromatic carbocycles. The minimum atomic E-state index is 0.125. The second kappa shape index (κ2) is 8.91. The van der Waals surface area contributed by atoms with Gasteiger partial charge in [-0.25, -0.2) is 9.97 Å². The van der Waals surface area contributed by atoms with Crippen molar-refractivity contribution in [2.24, 2.45) is 0 Å². The zero-order valence-corrected chi connectivity index (χ0v) is 17.4. The van der Waals surface area contributed by atoms with Crippen LogP contribution in [0.1, 0.15) is 55.3 Å². The summed E-state index contributed by atoms with van der Waals surface area (Å²) in [6.45, 7) is 8.85. The van der Waals surface area contributed by atoms with Gasteiger partial charge in [0.15, 0.2) is 0 Å². The van der Waals surface area contributed by atoms with E-state index in [1.165, 1.54) is 5.56 Å². The van der Waals surface area contributed by atoms with Crippen molar-refractivity contribution in [2.45, 2.75) is 52.1 Å². The number of rotatable bonds is 5. The van der Waals surface area contributed by atoms with Crippen LogP contribution in [0, 0.1) is 0 Å². The van der Waals surface area contributed by atoms with Gasteiger partial charge in [0, 0.05) is 50.7 Å². The van der Waals surface area contributed by atoms with Gasteiger partial charge in [0.1, 0.15) is 11.6 Å². The molecule has 1 saturated heterocycles. The minimum absolute atomic E-state index is 0.125. The molecule has 3 heterocycles. The number of piperidine rings is 1. The van der Waals surface area contributed by atoms with Crippen molar-refractivity contribution in [2.75, 3.05) is 26.2 Å². The van der Waals surface area contributed by atoms with Gasteiger partial charge in [0.25, 0.3) is 0 Å². The van der Waals surface area contributed by atoms with E-state index in [2.05, 4.69) is 34.1 Å². The number of ether oxygens (including phenoxy) is 1. The first-order valence-corrected chi connectivity index (χ1v) is 10.7. The lowest BCUT2D eigenvalue weighted by Crippen LogP contribution is -2.35. The Bertz CT molecular complexity index is 844. The van der Waals surface area contributed by atoms with Crippen LogP contribution in [0.2, 0.25) is 0 Å². The number of benzene rings is 1. The summed E-state index contributed by atoms with van der Waals surface area (Å²) in [5.41, 5.74) is 3.56. The van der Waals surface area contributed by atoms with Crippen molar-refractivity contribution < 1.29 is 9.53 Å². The second-order valence-corrected chi connectivity index (χ2v) is 8.02. The fraction of sp³-hybridized carbons (Fsp3) is 0.522. The monoisotopic (exact) mass is 394 g/mol. The van der Waals surface area contributed by atoms with Gasteiger partial charge in [-0.05, 0) is 50.6 Å². The molecule has 29 heavy (non-hydrogen) atoms. The van der Waals surface area contributed by atoms with E-state index in [9.17, 15) is 4.79 Å². The van der Waals surface area contributed by atoms with Gasteiger partial charge in [-0.15, -0.1) is 0 Å². The van der Waals surface area contributed by atoms with Gasteiger partial charge in [-0.3, -0.25) is 9.69 Å². The zero-order valence-electron chi connectivity index (χ0n) is 17.4. The first-order valence-electron chi connectivity index (χ1n) is 10.7.